The van der Waals surface area contributed by atoms with Gasteiger partial charge in [0.15, 0.2) is 0 Å². The maximum absolute atomic E-state index is 12.7. The molecule has 0 aromatic carbocycles. The number of piperidine rings is 1. The Bertz CT molecular complexity index is 848. The molecular weight excluding hydrogens is 354 g/mol. The van der Waals surface area contributed by atoms with Crippen LogP contribution in [-0.4, -0.2) is 51.4 Å². The summed E-state index contributed by atoms with van der Waals surface area (Å²) in [7, 11) is 0. The summed E-state index contributed by atoms with van der Waals surface area (Å²) < 4.78 is 7.88. The molecular formula is C18H21N3O4S. The summed E-state index contributed by atoms with van der Waals surface area (Å²) in [6, 6.07) is 1.77. The van der Waals surface area contributed by atoms with Crippen LogP contribution in [0.2, 0.25) is 0 Å². The number of nitrogens with zero attached hydrogens (tertiary/aromatic N) is 3. The lowest BCUT2D eigenvalue weighted by molar-refractivity contribution is -0.0926. The third-order valence-electron chi connectivity index (χ3n) is 5.28. The van der Waals surface area contributed by atoms with Gasteiger partial charge in [-0.1, -0.05) is 0 Å². The predicted octanol–water partition coefficient (Wildman–Crippen LogP) is 2.37. The maximum Gasteiger partial charge on any atom is 0.345 e. The summed E-state index contributed by atoms with van der Waals surface area (Å²) in [5.41, 5.74) is 1.16. The Balaban J connectivity index is 1.52. The minimum absolute atomic E-state index is 0.00729. The molecule has 1 spiro atoms. The van der Waals surface area contributed by atoms with E-state index in [2.05, 4.69) is 5.10 Å². The molecule has 1 amide bonds. The van der Waals surface area contributed by atoms with E-state index in [1.165, 1.54) is 11.3 Å². The fourth-order valence-electron chi connectivity index (χ4n) is 3.84. The van der Waals surface area contributed by atoms with Crippen molar-refractivity contribution >= 4 is 23.2 Å². The number of carboxylic acid groups (broad SMARTS) is 1. The number of carbonyl (C=O) groups excluding carboxylic acids is 1. The van der Waals surface area contributed by atoms with Crippen LogP contribution in [0.4, 0.5) is 0 Å². The number of rotatable bonds is 3. The van der Waals surface area contributed by atoms with Crippen LogP contribution in [0.1, 0.15) is 50.2 Å². The minimum atomic E-state index is -0.889. The van der Waals surface area contributed by atoms with E-state index in [4.69, 9.17) is 4.74 Å². The molecule has 0 aliphatic carbocycles. The van der Waals surface area contributed by atoms with E-state index in [0.717, 1.165) is 23.4 Å². The van der Waals surface area contributed by atoms with Crippen LogP contribution >= 0.6 is 11.3 Å². The highest BCUT2D eigenvalue weighted by Gasteiger charge is 2.43. The van der Waals surface area contributed by atoms with Crippen molar-refractivity contribution in [3.8, 4) is 0 Å². The highest BCUT2D eigenvalue weighted by Crippen LogP contribution is 2.44. The van der Waals surface area contributed by atoms with Gasteiger partial charge in [-0.05, 0) is 31.4 Å². The number of aromatic carboxylic acids is 1. The van der Waals surface area contributed by atoms with Crippen molar-refractivity contribution in [2.75, 3.05) is 19.7 Å². The number of aromatic nitrogens is 2. The second-order valence-electron chi connectivity index (χ2n) is 6.72. The van der Waals surface area contributed by atoms with Crippen molar-refractivity contribution in [3.63, 3.8) is 0 Å². The smallest absolute Gasteiger partial charge is 0.345 e. The Kier molecular flexibility index (Phi) is 4.32. The summed E-state index contributed by atoms with van der Waals surface area (Å²) in [6.45, 7) is 4.50. The molecule has 0 unspecified atom stereocenters. The second kappa shape index (κ2) is 6.51. The predicted molar refractivity (Wildman–Crippen MR) is 95.7 cm³/mol. The molecule has 4 rings (SSSR count). The Hall–Kier alpha value is -2.19. The van der Waals surface area contributed by atoms with Crippen molar-refractivity contribution in [3.05, 3.63) is 39.3 Å². The molecule has 1 fully saturated rings. The first-order chi connectivity index (χ1) is 12.5. The fraction of sp³-hybridized carbons (Fsp3) is 0.500. The van der Waals surface area contributed by atoms with Gasteiger partial charge in [-0.2, -0.15) is 5.10 Å². The maximum atomic E-state index is 12.7. The molecule has 0 saturated carbocycles. The van der Waals surface area contributed by atoms with E-state index in [1.807, 2.05) is 11.8 Å². The average Bonchev–Trinajstić information content (AvgIpc) is 3.30. The van der Waals surface area contributed by atoms with Gasteiger partial charge in [0.1, 0.15) is 4.88 Å². The Morgan fingerprint density at radius 3 is 2.81 bits per heavy atom. The van der Waals surface area contributed by atoms with Crippen molar-refractivity contribution in [1.29, 1.82) is 0 Å². The number of hydrogen-bond donors (Lipinski definition) is 1. The summed E-state index contributed by atoms with van der Waals surface area (Å²) in [5, 5.41) is 13.5. The molecule has 2 aliphatic rings. The van der Waals surface area contributed by atoms with Crippen LogP contribution in [0.15, 0.2) is 18.5 Å². The van der Waals surface area contributed by atoms with Gasteiger partial charge in [0.25, 0.3) is 5.91 Å². The van der Waals surface area contributed by atoms with E-state index < -0.39 is 11.6 Å². The number of amides is 1. The standard InChI is InChI=1S/C18H21N3O4S/c1-2-21-11-12(10-19-21)16(22)20-6-4-18(5-7-20)13-9-15(17(23)24)26-14(13)3-8-25-18/h9-11H,2-8H2,1H3,(H,23,24). The Morgan fingerprint density at radius 2 is 2.15 bits per heavy atom. The zero-order valence-corrected chi connectivity index (χ0v) is 15.4. The molecule has 1 saturated heterocycles. The number of aryl methyl sites for hydroxylation is 1. The highest BCUT2D eigenvalue weighted by molar-refractivity contribution is 7.14. The minimum Gasteiger partial charge on any atom is -0.477 e. The quantitative estimate of drug-likeness (QED) is 0.890. The van der Waals surface area contributed by atoms with E-state index in [1.54, 1.807) is 23.1 Å². The van der Waals surface area contributed by atoms with Crippen LogP contribution in [0, 0.1) is 0 Å². The summed E-state index contributed by atoms with van der Waals surface area (Å²) >= 11 is 1.35. The zero-order valence-electron chi connectivity index (χ0n) is 14.6. The van der Waals surface area contributed by atoms with Crippen LogP contribution in [-0.2, 0) is 23.3 Å². The normalized spacial score (nSPS) is 18.7. The van der Waals surface area contributed by atoms with Crippen molar-refractivity contribution in [2.45, 2.75) is 38.3 Å². The summed E-state index contributed by atoms with van der Waals surface area (Å²) in [5.74, 6) is -0.896. The molecule has 2 aliphatic heterocycles. The number of thiophene rings is 1. The van der Waals surface area contributed by atoms with Gasteiger partial charge in [-0.15, -0.1) is 11.3 Å². The molecule has 8 heteroatoms. The molecule has 0 atom stereocenters. The first kappa shape index (κ1) is 17.2. The Morgan fingerprint density at radius 1 is 1.38 bits per heavy atom. The molecule has 0 bridgehead atoms. The number of likely N-dealkylation sites (tertiary alicyclic amines) is 1. The largest absolute Gasteiger partial charge is 0.477 e. The van der Waals surface area contributed by atoms with Crippen LogP contribution < -0.4 is 0 Å². The van der Waals surface area contributed by atoms with Gasteiger partial charge in [0.2, 0.25) is 0 Å². The number of ether oxygens (including phenoxy) is 1. The third kappa shape index (κ3) is 2.83. The van der Waals surface area contributed by atoms with Gasteiger partial charge in [0.05, 0.1) is 24.0 Å². The zero-order chi connectivity index (χ0) is 18.3. The number of carbonyl (C=O) groups is 2. The number of carboxylic acids is 1. The number of hydrogen-bond acceptors (Lipinski definition) is 5. The van der Waals surface area contributed by atoms with Crippen molar-refractivity contribution < 1.29 is 19.4 Å². The van der Waals surface area contributed by atoms with Crippen LogP contribution in [0.25, 0.3) is 0 Å². The van der Waals surface area contributed by atoms with Gasteiger partial charge >= 0.3 is 5.97 Å². The average molecular weight is 375 g/mol. The van der Waals surface area contributed by atoms with Gasteiger partial charge < -0.3 is 14.7 Å². The monoisotopic (exact) mass is 375 g/mol. The highest BCUT2D eigenvalue weighted by atomic mass is 32.1. The molecule has 4 heterocycles. The van der Waals surface area contributed by atoms with E-state index in [0.29, 0.717) is 43.0 Å². The number of fused-ring (bicyclic) bond motifs is 2. The molecule has 7 nitrogen and oxygen atoms in total. The molecule has 26 heavy (non-hydrogen) atoms. The van der Waals surface area contributed by atoms with Crippen molar-refractivity contribution in [1.82, 2.24) is 14.7 Å². The summed E-state index contributed by atoms with van der Waals surface area (Å²) in [4.78, 5) is 27.3. The van der Waals surface area contributed by atoms with E-state index >= 15 is 0 Å². The lowest BCUT2D eigenvalue weighted by atomic mass is 9.82. The fourth-order valence-corrected chi connectivity index (χ4v) is 4.91. The first-order valence-electron chi connectivity index (χ1n) is 8.84. The molecule has 1 N–H and O–H groups in total. The molecule has 2 aromatic heterocycles. The van der Waals surface area contributed by atoms with E-state index in [9.17, 15) is 14.7 Å². The second-order valence-corrected chi connectivity index (χ2v) is 7.86. The topological polar surface area (TPSA) is 84.7 Å². The summed E-state index contributed by atoms with van der Waals surface area (Å²) in [6.07, 6.45) is 5.52. The van der Waals surface area contributed by atoms with Gasteiger partial charge in [-0.3, -0.25) is 9.48 Å². The first-order valence-corrected chi connectivity index (χ1v) is 9.66. The lowest BCUT2D eigenvalue weighted by Crippen LogP contribution is -2.48. The van der Waals surface area contributed by atoms with E-state index in [-0.39, 0.29) is 5.91 Å². The van der Waals surface area contributed by atoms with Gasteiger partial charge in [-0.25, -0.2) is 4.79 Å². The molecule has 0 radical (unpaired) electrons. The third-order valence-corrected chi connectivity index (χ3v) is 6.46. The SMILES string of the molecule is CCn1cc(C(=O)N2CCC3(CC2)OCCc2sc(C(=O)O)cc23)cn1. The van der Waals surface area contributed by atoms with Gasteiger partial charge in [0, 0.05) is 37.1 Å². The molecule has 138 valence electrons. The molecule has 2 aromatic rings. The van der Waals surface area contributed by atoms with Crippen molar-refractivity contribution in [2.24, 2.45) is 0 Å². The van der Waals surface area contributed by atoms with Crippen LogP contribution in [0.5, 0.6) is 0 Å². The lowest BCUT2D eigenvalue weighted by Gasteiger charge is -2.44. The van der Waals surface area contributed by atoms with Crippen LogP contribution in [0.3, 0.4) is 0 Å². The Labute approximate surface area is 155 Å².